The van der Waals surface area contributed by atoms with Crippen molar-refractivity contribution in [2.24, 2.45) is 7.05 Å². The molecule has 3 aromatic rings. The molecule has 1 saturated heterocycles. The number of nitrogens with zero attached hydrogens (tertiary/aromatic N) is 4. The van der Waals surface area contributed by atoms with Gasteiger partial charge in [-0.1, -0.05) is 0 Å². The molecule has 1 atom stereocenters. The van der Waals surface area contributed by atoms with Crippen LogP contribution in [-0.2, 0) is 7.05 Å². The molecule has 0 N–H and O–H groups in total. The fourth-order valence-electron chi connectivity index (χ4n) is 3.41. The van der Waals surface area contributed by atoms with Crippen molar-refractivity contribution in [2.75, 3.05) is 13.1 Å². The summed E-state index contributed by atoms with van der Waals surface area (Å²) in [5.74, 6) is -0.886. The van der Waals surface area contributed by atoms with Crippen LogP contribution >= 0.6 is 0 Å². The Balaban J connectivity index is 1.59. The Labute approximate surface area is 142 Å². The predicted octanol–water partition coefficient (Wildman–Crippen LogP) is 2.88. The van der Waals surface area contributed by atoms with E-state index in [2.05, 4.69) is 9.97 Å². The molecule has 7 heteroatoms. The highest BCUT2D eigenvalue weighted by atomic mass is 19.1. The summed E-state index contributed by atoms with van der Waals surface area (Å²) in [4.78, 5) is 22.8. The zero-order valence-electron chi connectivity index (χ0n) is 13.6. The van der Waals surface area contributed by atoms with E-state index in [0.29, 0.717) is 13.1 Å². The Morgan fingerprint density at radius 3 is 2.92 bits per heavy atom. The quantitative estimate of drug-likeness (QED) is 0.720. The highest BCUT2D eigenvalue weighted by molar-refractivity contribution is 5.94. The van der Waals surface area contributed by atoms with Crippen LogP contribution in [0.25, 0.3) is 11.0 Å². The van der Waals surface area contributed by atoms with Gasteiger partial charge in [-0.2, -0.15) is 0 Å². The molecule has 1 aliphatic heterocycles. The molecular formula is C18H16F2N4O. The van der Waals surface area contributed by atoms with E-state index in [1.54, 1.807) is 17.3 Å². The van der Waals surface area contributed by atoms with Crippen molar-refractivity contribution in [1.82, 2.24) is 19.4 Å². The maximum absolute atomic E-state index is 13.9. The third-order valence-electron chi connectivity index (χ3n) is 4.72. The Hall–Kier alpha value is -2.83. The van der Waals surface area contributed by atoms with Gasteiger partial charge in [-0.25, -0.2) is 13.8 Å². The summed E-state index contributed by atoms with van der Waals surface area (Å²) in [5, 5.41) is 0. The van der Waals surface area contributed by atoms with Crippen LogP contribution in [0, 0.1) is 11.6 Å². The summed E-state index contributed by atoms with van der Waals surface area (Å²) in [6.45, 7) is 0.917. The van der Waals surface area contributed by atoms with Crippen molar-refractivity contribution in [3.8, 4) is 0 Å². The van der Waals surface area contributed by atoms with Gasteiger partial charge in [-0.05, 0) is 30.7 Å². The number of hydrogen-bond acceptors (Lipinski definition) is 3. The second-order valence-corrected chi connectivity index (χ2v) is 6.25. The van der Waals surface area contributed by atoms with Crippen molar-refractivity contribution in [3.05, 3.63) is 59.7 Å². The molecule has 1 aromatic carbocycles. The molecule has 0 saturated carbocycles. The molecule has 5 nitrogen and oxygen atoms in total. The van der Waals surface area contributed by atoms with E-state index in [9.17, 15) is 13.6 Å². The molecular weight excluding hydrogens is 326 g/mol. The van der Waals surface area contributed by atoms with Crippen LogP contribution in [0.3, 0.4) is 0 Å². The van der Waals surface area contributed by atoms with Crippen molar-refractivity contribution < 1.29 is 13.6 Å². The van der Waals surface area contributed by atoms with Crippen LogP contribution in [-0.4, -0.2) is 38.4 Å². The summed E-state index contributed by atoms with van der Waals surface area (Å²) >= 11 is 0. The van der Waals surface area contributed by atoms with Gasteiger partial charge in [-0.3, -0.25) is 9.78 Å². The number of imidazole rings is 1. The molecule has 0 unspecified atom stereocenters. The monoisotopic (exact) mass is 342 g/mol. The number of aromatic nitrogens is 3. The standard InChI is InChI=1S/C18H16F2N4O/c1-23-16-9-21-6-4-15(16)22-17(23)11-5-7-24(10-11)18(25)13-8-12(19)2-3-14(13)20/h2-4,6,8-9,11H,5,7,10H2,1H3/t11-/m1/s1. The van der Waals surface area contributed by atoms with Gasteiger partial charge in [0.05, 0.1) is 22.8 Å². The predicted molar refractivity (Wildman–Crippen MR) is 88.1 cm³/mol. The molecule has 25 heavy (non-hydrogen) atoms. The van der Waals surface area contributed by atoms with Gasteiger partial charge in [0.1, 0.15) is 17.5 Å². The zero-order valence-corrected chi connectivity index (χ0v) is 13.6. The number of aryl methyl sites for hydroxylation is 1. The molecule has 2 aromatic heterocycles. The zero-order chi connectivity index (χ0) is 17.6. The molecule has 128 valence electrons. The number of carbonyl (C=O) groups is 1. The van der Waals surface area contributed by atoms with Gasteiger partial charge in [0.2, 0.25) is 0 Å². The van der Waals surface area contributed by atoms with Gasteiger partial charge in [0.15, 0.2) is 0 Å². The van der Waals surface area contributed by atoms with Crippen molar-refractivity contribution in [3.63, 3.8) is 0 Å². The van der Waals surface area contributed by atoms with Crippen LogP contribution in [0.2, 0.25) is 0 Å². The third-order valence-corrected chi connectivity index (χ3v) is 4.72. The lowest BCUT2D eigenvalue weighted by Gasteiger charge is -2.17. The topological polar surface area (TPSA) is 51.0 Å². The summed E-state index contributed by atoms with van der Waals surface area (Å²) in [5.41, 5.74) is 1.56. The van der Waals surface area contributed by atoms with Crippen LogP contribution < -0.4 is 0 Å². The van der Waals surface area contributed by atoms with Gasteiger partial charge in [0, 0.05) is 32.3 Å². The van der Waals surface area contributed by atoms with Crippen molar-refractivity contribution >= 4 is 16.9 Å². The Morgan fingerprint density at radius 2 is 2.12 bits per heavy atom. The number of halogens is 2. The van der Waals surface area contributed by atoms with E-state index >= 15 is 0 Å². The summed E-state index contributed by atoms with van der Waals surface area (Å²) in [6, 6.07) is 4.78. The highest BCUT2D eigenvalue weighted by Gasteiger charge is 2.32. The average molecular weight is 342 g/mol. The van der Waals surface area contributed by atoms with E-state index in [4.69, 9.17) is 0 Å². The van der Waals surface area contributed by atoms with Crippen LogP contribution in [0.4, 0.5) is 8.78 Å². The van der Waals surface area contributed by atoms with E-state index < -0.39 is 17.5 Å². The van der Waals surface area contributed by atoms with Gasteiger partial charge < -0.3 is 9.47 Å². The van der Waals surface area contributed by atoms with Gasteiger partial charge in [0.25, 0.3) is 5.91 Å². The van der Waals surface area contributed by atoms with Crippen LogP contribution in [0.1, 0.15) is 28.5 Å². The number of likely N-dealkylation sites (tertiary alicyclic amines) is 1. The number of hydrogen-bond donors (Lipinski definition) is 0. The summed E-state index contributed by atoms with van der Waals surface area (Å²) in [7, 11) is 1.92. The largest absolute Gasteiger partial charge is 0.338 e. The first-order valence-electron chi connectivity index (χ1n) is 8.05. The van der Waals surface area contributed by atoms with Crippen LogP contribution in [0.15, 0.2) is 36.7 Å². The second kappa shape index (κ2) is 5.91. The minimum Gasteiger partial charge on any atom is -0.338 e. The Bertz CT molecular complexity index is 969. The lowest BCUT2D eigenvalue weighted by Crippen LogP contribution is -2.29. The van der Waals surface area contributed by atoms with E-state index in [0.717, 1.165) is 41.5 Å². The molecule has 0 radical (unpaired) electrons. The second-order valence-electron chi connectivity index (χ2n) is 6.25. The minimum atomic E-state index is -0.705. The summed E-state index contributed by atoms with van der Waals surface area (Å²) < 4.78 is 29.2. The first-order chi connectivity index (χ1) is 12.0. The molecule has 0 bridgehead atoms. The maximum Gasteiger partial charge on any atom is 0.256 e. The van der Waals surface area contributed by atoms with Crippen molar-refractivity contribution in [2.45, 2.75) is 12.3 Å². The van der Waals surface area contributed by atoms with E-state index in [1.165, 1.54) is 0 Å². The first kappa shape index (κ1) is 15.7. The molecule has 1 aliphatic rings. The summed E-state index contributed by atoms with van der Waals surface area (Å²) in [6.07, 6.45) is 4.18. The molecule has 0 spiro atoms. The number of benzene rings is 1. The molecule has 1 fully saturated rings. The maximum atomic E-state index is 13.9. The molecule has 4 rings (SSSR count). The number of pyridine rings is 1. The molecule has 0 aliphatic carbocycles. The highest BCUT2D eigenvalue weighted by Crippen LogP contribution is 2.29. The SMILES string of the molecule is Cn1c([C@@H]2CCN(C(=O)c3cc(F)ccc3F)C2)nc2ccncc21. The fraction of sp³-hybridized carbons (Fsp3) is 0.278. The fourth-order valence-corrected chi connectivity index (χ4v) is 3.41. The number of amides is 1. The molecule has 3 heterocycles. The van der Waals surface area contributed by atoms with E-state index in [-0.39, 0.29) is 11.5 Å². The normalized spacial score (nSPS) is 17.4. The first-order valence-corrected chi connectivity index (χ1v) is 8.05. The lowest BCUT2D eigenvalue weighted by molar-refractivity contribution is 0.0785. The minimum absolute atomic E-state index is 0.0537. The number of rotatable bonds is 2. The smallest absolute Gasteiger partial charge is 0.256 e. The Kier molecular flexibility index (Phi) is 3.71. The van der Waals surface area contributed by atoms with Gasteiger partial charge >= 0.3 is 0 Å². The third kappa shape index (κ3) is 2.65. The Morgan fingerprint density at radius 1 is 1.28 bits per heavy atom. The average Bonchev–Trinajstić information content (AvgIpc) is 3.22. The van der Waals surface area contributed by atoms with Crippen molar-refractivity contribution in [1.29, 1.82) is 0 Å². The molecule has 1 amide bonds. The number of carbonyl (C=O) groups excluding carboxylic acids is 1. The van der Waals surface area contributed by atoms with E-state index in [1.807, 2.05) is 17.7 Å². The lowest BCUT2D eigenvalue weighted by atomic mass is 10.1. The van der Waals surface area contributed by atoms with Crippen LogP contribution in [0.5, 0.6) is 0 Å². The number of fused-ring (bicyclic) bond motifs is 1. The van der Waals surface area contributed by atoms with Gasteiger partial charge in [-0.15, -0.1) is 0 Å².